The molecule has 25 heavy (non-hydrogen) atoms. The van der Waals surface area contributed by atoms with Gasteiger partial charge < -0.3 is 9.84 Å². The fourth-order valence-corrected chi connectivity index (χ4v) is 4.19. The summed E-state index contributed by atoms with van der Waals surface area (Å²) in [5.41, 5.74) is -1.07. The van der Waals surface area contributed by atoms with Gasteiger partial charge in [0, 0.05) is 25.0 Å². The number of carboxylic acids is 1. The van der Waals surface area contributed by atoms with Gasteiger partial charge in [0.2, 0.25) is 0 Å². The number of rotatable bonds is 3. The number of hydrogen-bond donors (Lipinski definition) is 1. The molecule has 138 valence electrons. The van der Waals surface area contributed by atoms with Gasteiger partial charge >= 0.3 is 12.1 Å². The van der Waals surface area contributed by atoms with Gasteiger partial charge in [0.1, 0.15) is 0 Å². The molecule has 2 aliphatic rings. The lowest BCUT2D eigenvalue weighted by Gasteiger charge is -2.42. The second-order valence-electron chi connectivity index (χ2n) is 6.68. The van der Waals surface area contributed by atoms with Crippen molar-refractivity contribution in [2.45, 2.75) is 43.8 Å². The molecule has 0 amide bonds. The number of morpholine rings is 1. The number of halogens is 3. The highest BCUT2D eigenvalue weighted by molar-refractivity contribution is 5.90. The van der Waals surface area contributed by atoms with Gasteiger partial charge in [-0.15, -0.1) is 0 Å². The number of carbonyl (C=O) groups is 1. The van der Waals surface area contributed by atoms with Gasteiger partial charge in [0.25, 0.3) is 0 Å². The molecule has 1 aliphatic heterocycles. The van der Waals surface area contributed by atoms with E-state index in [9.17, 15) is 23.1 Å². The summed E-state index contributed by atoms with van der Waals surface area (Å²) in [6, 6.07) is 3.41. The molecule has 2 unspecified atom stereocenters. The van der Waals surface area contributed by atoms with Crippen molar-refractivity contribution >= 4 is 5.97 Å². The Bertz CT molecular complexity index is 626. The van der Waals surface area contributed by atoms with Crippen LogP contribution in [0.15, 0.2) is 18.2 Å². The normalized spacial score (nSPS) is 25.7. The molecule has 0 spiro atoms. The molecular formula is C18H22F3NO3. The molecule has 0 radical (unpaired) electrons. The summed E-state index contributed by atoms with van der Waals surface area (Å²) < 4.78 is 46.1. The summed E-state index contributed by atoms with van der Waals surface area (Å²) in [4.78, 5) is 13.8. The zero-order valence-electron chi connectivity index (χ0n) is 13.9. The zero-order chi connectivity index (χ0) is 18.0. The number of carboxylic acid groups (broad SMARTS) is 1. The first kappa shape index (κ1) is 18.2. The van der Waals surface area contributed by atoms with E-state index in [0.717, 1.165) is 25.3 Å². The van der Waals surface area contributed by atoms with Crippen LogP contribution >= 0.6 is 0 Å². The number of benzene rings is 1. The van der Waals surface area contributed by atoms with Crippen LogP contribution in [0.4, 0.5) is 13.2 Å². The predicted molar refractivity (Wildman–Crippen MR) is 85.8 cm³/mol. The van der Waals surface area contributed by atoms with E-state index in [1.54, 1.807) is 0 Å². The smallest absolute Gasteiger partial charge is 0.416 e. The minimum absolute atomic E-state index is 0.0429. The molecule has 2 atom stereocenters. The van der Waals surface area contributed by atoms with Gasteiger partial charge in [-0.25, -0.2) is 4.79 Å². The summed E-state index contributed by atoms with van der Waals surface area (Å²) >= 11 is 0. The van der Waals surface area contributed by atoms with Crippen molar-refractivity contribution in [3.05, 3.63) is 34.9 Å². The average Bonchev–Trinajstić information content (AvgIpc) is 2.61. The maximum atomic E-state index is 13.6. The Kier molecular flexibility index (Phi) is 5.34. The molecule has 1 saturated carbocycles. The number of alkyl halides is 3. The Morgan fingerprint density at radius 1 is 1.16 bits per heavy atom. The fraction of sp³-hybridized carbons (Fsp3) is 0.611. The first-order chi connectivity index (χ1) is 11.9. The Morgan fingerprint density at radius 2 is 1.84 bits per heavy atom. The van der Waals surface area contributed by atoms with E-state index in [4.69, 9.17) is 4.74 Å². The first-order valence-electron chi connectivity index (χ1n) is 8.65. The summed E-state index contributed by atoms with van der Waals surface area (Å²) in [5, 5.41) is 9.48. The molecule has 1 aliphatic carbocycles. The largest absolute Gasteiger partial charge is 0.478 e. The lowest BCUT2D eigenvalue weighted by atomic mass is 9.75. The quantitative estimate of drug-likeness (QED) is 0.895. The minimum Gasteiger partial charge on any atom is -0.478 e. The fourth-order valence-electron chi connectivity index (χ4n) is 4.19. The first-order valence-corrected chi connectivity index (χ1v) is 8.65. The van der Waals surface area contributed by atoms with E-state index in [1.165, 1.54) is 12.1 Å². The average molecular weight is 357 g/mol. The summed E-state index contributed by atoms with van der Waals surface area (Å²) in [7, 11) is 0. The second-order valence-corrected chi connectivity index (χ2v) is 6.68. The highest BCUT2D eigenvalue weighted by Crippen LogP contribution is 2.44. The van der Waals surface area contributed by atoms with Crippen molar-refractivity contribution in [1.29, 1.82) is 0 Å². The topological polar surface area (TPSA) is 49.8 Å². The lowest BCUT2D eigenvalue weighted by Crippen LogP contribution is -2.47. The van der Waals surface area contributed by atoms with Crippen molar-refractivity contribution in [3.8, 4) is 0 Å². The van der Waals surface area contributed by atoms with Crippen molar-refractivity contribution in [3.63, 3.8) is 0 Å². The minimum atomic E-state index is -4.56. The summed E-state index contributed by atoms with van der Waals surface area (Å²) in [6.07, 6.45) is -1.43. The van der Waals surface area contributed by atoms with E-state index in [1.807, 2.05) is 0 Å². The predicted octanol–water partition coefficient (Wildman–Crippen LogP) is 3.76. The maximum absolute atomic E-state index is 13.6. The Balaban J connectivity index is 2.06. The zero-order valence-corrected chi connectivity index (χ0v) is 13.9. The van der Waals surface area contributed by atoms with Crippen molar-refractivity contribution in [2.75, 3.05) is 26.3 Å². The SMILES string of the molecule is O=C(O)c1cccc(C(F)(F)F)c1C1CCCCC1N1CCOCC1. The van der Waals surface area contributed by atoms with E-state index >= 15 is 0 Å². The van der Waals surface area contributed by atoms with Crippen LogP contribution < -0.4 is 0 Å². The molecule has 0 aromatic heterocycles. The number of aromatic carboxylic acids is 1. The van der Waals surface area contributed by atoms with Gasteiger partial charge in [-0.3, -0.25) is 4.90 Å². The second kappa shape index (κ2) is 7.33. The maximum Gasteiger partial charge on any atom is 0.416 e. The molecule has 1 aromatic carbocycles. The van der Waals surface area contributed by atoms with Crippen LogP contribution in [0.2, 0.25) is 0 Å². The molecule has 1 heterocycles. The lowest BCUT2D eigenvalue weighted by molar-refractivity contribution is -0.138. The van der Waals surface area contributed by atoms with Gasteiger partial charge in [-0.1, -0.05) is 18.9 Å². The monoisotopic (exact) mass is 357 g/mol. The molecule has 4 nitrogen and oxygen atoms in total. The Hall–Kier alpha value is -1.60. The van der Waals surface area contributed by atoms with Gasteiger partial charge in [0.15, 0.2) is 0 Å². The number of nitrogens with zero attached hydrogens (tertiary/aromatic N) is 1. The molecule has 1 N–H and O–H groups in total. The van der Waals surface area contributed by atoms with Gasteiger partial charge in [0.05, 0.1) is 24.3 Å². The van der Waals surface area contributed by atoms with Crippen LogP contribution in [0.3, 0.4) is 0 Å². The van der Waals surface area contributed by atoms with Crippen LogP contribution in [0.25, 0.3) is 0 Å². The molecular weight excluding hydrogens is 335 g/mol. The van der Waals surface area contributed by atoms with Gasteiger partial charge in [-0.05, 0) is 30.5 Å². The van der Waals surface area contributed by atoms with Crippen molar-refractivity contribution in [1.82, 2.24) is 4.90 Å². The molecule has 7 heteroatoms. The van der Waals surface area contributed by atoms with E-state index < -0.39 is 23.6 Å². The molecule has 1 saturated heterocycles. The molecule has 1 aromatic rings. The Labute approximate surface area is 144 Å². The number of hydrogen-bond acceptors (Lipinski definition) is 3. The summed E-state index contributed by atoms with van der Waals surface area (Å²) in [6.45, 7) is 2.49. The third-order valence-corrected chi connectivity index (χ3v) is 5.26. The Morgan fingerprint density at radius 3 is 2.48 bits per heavy atom. The number of ether oxygens (including phenoxy) is 1. The molecule has 3 rings (SSSR count). The highest BCUT2D eigenvalue weighted by atomic mass is 19.4. The molecule has 2 fully saturated rings. The highest BCUT2D eigenvalue weighted by Gasteiger charge is 2.41. The van der Waals surface area contributed by atoms with Crippen LogP contribution in [0.1, 0.15) is 53.1 Å². The standard InChI is InChI=1S/C18H22F3NO3/c19-18(20,21)14-6-3-5-13(17(23)24)16(14)12-4-1-2-7-15(12)22-8-10-25-11-9-22/h3,5-6,12,15H,1-2,4,7-11H2,(H,23,24). The van der Waals surface area contributed by atoms with Crippen LogP contribution in [-0.4, -0.2) is 48.3 Å². The van der Waals surface area contributed by atoms with Crippen LogP contribution in [0, 0.1) is 0 Å². The van der Waals surface area contributed by atoms with Gasteiger partial charge in [-0.2, -0.15) is 13.2 Å². The van der Waals surface area contributed by atoms with Crippen molar-refractivity contribution in [2.24, 2.45) is 0 Å². The summed E-state index contributed by atoms with van der Waals surface area (Å²) in [5.74, 6) is -1.72. The van der Waals surface area contributed by atoms with E-state index in [0.29, 0.717) is 32.7 Å². The van der Waals surface area contributed by atoms with E-state index in [2.05, 4.69) is 4.90 Å². The van der Waals surface area contributed by atoms with Crippen LogP contribution in [-0.2, 0) is 10.9 Å². The van der Waals surface area contributed by atoms with Crippen LogP contribution in [0.5, 0.6) is 0 Å². The molecule has 0 bridgehead atoms. The van der Waals surface area contributed by atoms with Crippen molar-refractivity contribution < 1.29 is 27.8 Å². The third kappa shape index (κ3) is 3.82. The van der Waals surface area contributed by atoms with E-state index in [-0.39, 0.29) is 17.2 Å². The third-order valence-electron chi connectivity index (χ3n) is 5.26.